The van der Waals surface area contributed by atoms with Gasteiger partial charge in [-0.25, -0.2) is 9.67 Å². The molecule has 1 aliphatic carbocycles. The molecule has 1 aliphatic heterocycles. The molecule has 9 nitrogen and oxygen atoms in total. The fraction of sp³-hybridized carbons (Fsp3) is 0.250. The Morgan fingerprint density at radius 3 is 2.55 bits per heavy atom. The maximum Gasteiger partial charge on any atom is 0.213 e. The molecule has 3 aromatic rings. The number of ether oxygens (including phenoxy) is 2. The lowest BCUT2D eigenvalue weighted by atomic mass is 9.71. The smallest absolute Gasteiger partial charge is 0.213 e. The number of aryl methyl sites for hydroxylation is 1. The van der Waals surface area contributed by atoms with Gasteiger partial charge >= 0.3 is 0 Å². The first-order valence-corrected chi connectivity index (χ1v) is 10.3. The van der Waals surface area contributed by atoms with Gasteiger partial charge in [-0.15, -0.1) is 0 Å². The third-order valence-corrected chi connectivity index (χ3v) is 6.41. The molecule has 0 saturated heterocycles. The predicted molar refractivity (Wildman–Crippen MR) is 117 cm³/mol. The highest BCUT2D eigenvalue weighted by Crippen LogP contribution is 2.58. The Labute approximate surface area is 188 Å². The van der Waals surface area contributed by atoms with Gasteiger partial charge in [-0.1, -0.05) is 0 Å². The van der Waals surface area contributed by atoms with Crippen molar-refractivity contribution >= 4 is 17.6 Å². The zero-order valence-corrected chi connectivity index (χ0v) is 18.7. The first-order chi connectivity index (χ1) is 15.6. The van der Waals surface area contributed by atoms with Crippen molar-refractivity contribution in [1.29, 1.82) is 0 Å². The molecule has 0 bridgehead atoms. The van der Waals surface area contributed by atoms with Crippen LogP contribution in [0, 0.1) is 13.8 Å². The van der Waals surface area contributed by atoms with Crippen LogP contribution in [-0.4, -0.2) is 43.7 Å². The molecule has 0 saturated carbocycles. The summed E-state index contributed by atoms with van der Waals surface area (Å²) in [5, 5.41) is 26.0. The van der Waals surface area contributed by atoms with Crippen LogP contribution in [0.5, 0.6) is 23.1 Å². The van der Waals surface area contributed by atoms with Crippen molar-refractivity contribution in [3.05, 3.63) is 57.7 Å². The van der Waals surface area contributed by atoms with Gasteiger partial charge in [-0.05, 0) is 33.8 Å². The van der Waals surface area contributed by atoms with Crippen LogP contribution in [0.2, 0.25) is 0 Å². The largest absolute Gasteiger partial charge is 0.507 e. The van der Waals surface area contributed by atoms with E-state index in [1.807, 2.05) is 0 Å². The van der Waals surface area contributed by atoms with Crippen LogP contribution in [0.25, 0.3) is 11.8 Å². The Morgan fingerprint density at radius 2 is 1.94 bits per heavy atom. The minimum Gasteiger partial charge on any atom is -0.507 e. The highest BCUT2D eigenvalue weighted by molar-refractivity contribution is 6.14. The zero-order valence-electron chi connectivity index (χ0n) is 18.7. The van der Waals surface area contributed by atoms with E-state index in [2.05, 4.69) is 10.1 Å². The van der Waals surface area contributed by atoms with Crippen molar-refractivity contribution in [2.45, 2.75) is 33.1 Å². The highest BCUT2D eigenvalue weighted by Gasteiger charge is 2.55. The van der Waals surface area contributed by atoms with Gasteiger partial charge in [0.2, 0.25) is 5.88 Å². The van der Waals surface area contributed by atoms with Gasteiger partial charge in [0, 0.05) is 17.7 Å². The number of aromatic nitrogens is 3. The van der Waals surface area contributed by atoms with E-state index < -0.39 is 11.2 Å². The predicted octanol–water partition coefficient (Wildman–Crippen LogP) is 3.39. The number of benzene rings is 1. The number of carbonyl (C=O) groups is 2. The van der Waals surface area contributed by atoms with Crippen molar-refractivity contribution in [1.82, 2.24) is 14.8 Å². The number of hydrogen-bond donors (Lipinski definition) is 2. The Hall–Kier alpha value is -4.14. The molecule has 3 heterocycles. The number of allylic oxidation sites excluding steroid dienone is 1. The van der Waals surface area contributed by atoms with Crippen LogP contribution < -0.4 is 9.47 Å². The summed E-state index contributed by atoms with van der Waals surface area (Å²) in [4.78, 5) is 30.5. The van der Waals surface area contributed by atoms with E-state index in [1.54, 1.807) is 42.9 Å². The molecule has 5 rings (SSSR count). The number of rotatable bonds is 3. The summed E-state index contributed by atoms with van der Waals surface area (Å²) in [6.07, 6.45) is 3.25. The molecule has 0 fully saturated rings. The minimum absolute atomic E-state index is 0.00127. The van der Waals surface area contributed by atoms with Crippen LogP contribution in [0.1, 0.15) is 57.1 Å². The minimum atomic E-state index is -1.38. The van der Waals surface area contributed by atoms with Crippen LogP contribution in [0.4, 0.5) is 0 Å². The first kappa shape index (κ1) is 20.7. The van der Waals surface area contributed by atoms with Crippen molar-refractivity contribution in [2.75, 3.05) is 7.11 Å². The molecule has 2 N–H and O–H groups in total. The summed E-state index contributed by atoms with van der Waals surface area (Å²) < 4.78 is 12.7. The summed E-state index contributed by atoms with van der Waals surface area (Å²) in [6.45, 7) is 6.15. The molecule has 0 radical (unpaired) electrons. The quantitative estimate of drug-likeness (QED) is 0.586. The normalized spacial score (nSPS) is 18.2. The summed E-state index contributed by atoms with van der Waals surface area (Å²) in [5.41, 5.74) is 0.820. The first-order valence-electron chi connectivity index (χ1n) is 10.3. The Balaban J connectivity index is 1.77. The van der Waals surface area contributed by atoms with Gasteiger partial charge < -0.3 is 19.7 Å². The van der Waals surface area contributed by atoms with E-state index in [0.717, 1.165) is 0 Å². The summed E-state index contributed by atoms with van der Waals surface area (Å²) >= 11 is 0. The van der Waals surface area contributed by atoms with Gasteiger partial charge in [-0.2, -0.15) is 5.10 Å². The van der Waals surface area contributed by atoms with Gasteiger partial charge in [0.15, 0.2) is 11.6 Å². The molecule has 0 unspecified atom stereocenters. The lowest BCUT2D eigenvalue weighted by Crippen LogP contribution is -2.36. The molecular weight excluding hydrogens is 426 g/mol. The highest BCUT2D eigenvalue weighted by atomic mass is 16.5. The third-order valence-electron chi connectivity index (χ3n) is 6.41. The molecule has 1 atom stereocenters. The van der Waals surface area contributed by atoms with Gasteiger partial charge in [0.25, 0.3) is 0 Å². The number of aromatic hydroxyl groups is 2. The van der Waals surface area contributed by atoms with Gasteiger partial charge in [-0.3, -0.25) is 9.59 Å². The number of ketones is 2. The molecule has 0 amide bonds. The molecule has 0 spiro atoms. The number of pyridine rings is 1. The molecule has 2 aromatic heterocycles. The Kier molecular flexibility index (Phi) is 4.20. The van der Waals surface area contributed by atoms with Crippen LogP contribution in [0.15, 0.2) is 24.1 Å². The summed E-state index contributed by atoms with van der Waals surface area (Å²) in [6, 6.07) is 3.45. The average molecular weight is 447 g/mol. The van der Waals surface area contributed by atoms with E-state index in [1.165, 1.54) is 21.0 Å². The van der Waals surface area contributed by atoms with E-state index in [9.17, 15) is 19.8 Å². The fourth-order valence-corrected chi connectivity index (χ4v) is 4.60. The maximum atomic E-state index is 13.9. The number of Topliss-reactive ketones (excluding diaryl/α,β-unsaturated/α-hetero) is 2. The molecule has 9 heteroatoms. The van der Waals surface area contributed by atoms with E-state index >= 15 is 0 Å². The van der Waals surface area contributed by atoms with Crippen LogP contribution in [0.3, 0.4) is 0 Å². The molecule has 1 aromatic carbocycles. The van der Waals surface area contributed by atoms with Crippen molar-refractivity contribution in [2.24, 2.45) is 0 Å². The number of phenolic OH excluding ortho intramolecular Hbond substituents is 2. The fourth-order valence-electron chi connectivity index (χ4n) is 4.60. The van der Waals surface area contributed by atoms with Crippen LogP contribution >= 0.6 is 0 Å². The van der Waals surface area contributed by atoms with Crippen molar-refractivity contribution < 1.29 is 29.3 Å². The summed E-state index contributed by atoms with van der Waals surface area (Å²) in [7, 11) is 1.52. The van der Waals surface area contributed by atoms with Crippen LogP contribution in [-0.2, 0) is 5.41 Å². The molecule has 33 heavy (non-hydrogen) atoms. The number of phenols is 2. The number of nitrogens with zero attached hydrogens (tertiary/aromatic N) is 3. The molecular formula is C24H21N3O6. The topological polar surface area (TPSA) is 124 Å². The Bertz CT molecular complexity index is 1420. The maximum absolute atomic E-state index is 13.9. The second kappa shape index (κ2) is 6.68. The van der Waals surface area contributed by atoms with Gasteiger partial charge in [0.05, 0.1) is 41.5 Å². The molecule has 168 valence electrons. The lowest BCUT2D eigenvalue weighted by Gasteiger charge is -2.27. The Morgan fingerprint density at radius 1 is 1.21 bits per heavy atom. The van der Waals surface area contributed by atoms with E-state index in [-0.39, 0.29) is 45.5 Å². The number of fused-ring (bicyclic) bond motifs is 4. The standard InChI is InChI=1S/C24H21N3O6/c1-10-20(29)18(12(3)28)22-19(21(10)30)24(4)15(33-22)8-14-17(23(24)31)11(2)26-27(14)13-6-7-16(32-5)25-9-13/h6-9,29-30H,1-5H3/t24-/m0/s1. The van der Waals surface area contributed by atoms with Crippen molar-refractivity contribution in [3.8, 4) is 28.8 Å². The number of methoxy groups -OCH3 is 1. The number of carbonyl (C=O) groups excluding carboxylic acids is 2. The number of hydrogen-bond acceptors (Lipinski definition) is 8. The second-order valence-corrected chi connectivity index (χ2v) is 8.34. The third kappa shape index (κ3) is 2.53. The van der Waals surface area contributed by atoms with E-state index in [4.69, 9.17) is 9.47 Å². The lowest BCUT2D eigenvalue weighted by molar-refractivity contribution is 0.0905. The summed E-state index contributed by atoms with van der Waals surface area (Å²) in [5.74, 6) is -0.729. The average Bonchev–Trinajstić information content (AvgIpc) is 3.27. The van der Waals surface area contributed by atoms with Gasteiger partial charge in [0.1, 0.15) is 34.0 Å². The monoisotopic (exact) mass is 447 g/mol. The van der Waals surface area contributed by atoms with Crippen molar-refractivity contribution in [3.63, 3.8) is 0 Å². The van der Waals surface area contributed by atoms with E-state index in [0.29, 0.717) is 28.5 Å². The molecule has 2 aliphatic rings. The second-order valence-electron chi connectivity index (χ2n) is 8.34. The SMILES string of the molecule is COc1ccc(-n2nc(C)c3c2C=C2Oc4c(C(C)=O)c(O)c(C)c(O)c4[C@@]2(C)C3=O)cn1. The zero-order chi connectivity index (χ0) is 23.8.